The first-order chi connectivity index (χ1) is 34.6. The SMILES string of the molecule is Fc1ccc(N(c2ccc3ccc4c(N(c5ccc(F)cc5)c5cccc6c5oc5c(C7CCCCC7)cccc56)ccc5ccc2c3c54)c2cccc3c2oc2c(C4CCCCC4)cccc23)cc1. The molecule has 0 radical (unpaired) electrons. The van der Waals surface area contributed by atoms with Crippen LogP contribution in [-0.4, -0.2) is 0 Å². The Hall–Kier alpha value is -7.70. The Kier molecular flexibility index (Phi) is 9.72. The van der Waals surface area contributed by atoms with E-state index >= 15 is 0 Å². The first-order valence-corrected chi connectivity index (χ1v) is 25.3. The van der Waals surface area contributed by atoms with Crippen LogP contribution in [0, 0.1) is 11.6 Å². The summed E-state index contributed by atoms with van der Waals surface area (Å²) in [6.45, 7) is 0. The Balaban J connectivity index is 0.987. The van der Waals surface area contributed by atoms with Gasteiger partial charge in [0.25, 0.3) is 0 Å². The van der Waals surface area contributed by atoms with E-state index < -0.39 is 0 Å². The average Bonchev–Trinajstić information content (AvgIpc) is 4.00. The molecule has 0 unspecified atom stereocenters. The van der Waals surface area contributed by atoms with Crippen LogP contribution < -0.4 is 9.80 Å². The molecule has 0 N–H and O–H groups in total. The summed E-state index contributed by atoms with van der Waals surface area (Å²) >= 11 is 0. The van der Waals surface area contributed by atoms with E-state index in [0.29, 0.717) is 11.8 Å². The van der Waals surface area contributed by atoms with Crippen molar-refractivity contribution in [1.82, 2.24) is 0 Å². The van der Waals surface area contributed by atoms with Crippen molar-refractivity contribution < 1.29 is 17.6 Å². The summed E-state index contributed by atoms with van der Waals surface area (Å²) in [5.41, 5.74) is 11.5. The monoisotopic (exact) mass is 916 g/mol. The molecule has 2 aliphatic carbocycles. The quantitative estimate of drug-likeness (QED) is 0.142. The van der Waals surface area contributed by atoms with Crippen LogP contribution >= 0.6 is 0 Å². The van der Waals surface area contributed by atoms with Gasteiger partial charge in [0.15, 0.2) is 11.2 Å². The number of rotatable bonds is 8. The zero-order valence-electron chi connectivity index (χ0n) is 38.9. The molecule has 14 rings (SSSR count). The van der Waals surface area contributed by atoms with E-state index in [1.54, 1.807) is 0 Å². The van der Waals surface area contributed by atoms with Gasteiger partial charge in [-0.2, -0.15) is 0 Å². The van der Waals surface area contributed by atoms with Gasteiger partial charge in [0.1, 0.15) is 22.8 Å². The topological polar surface area (TPSA) is 32.8 Å². The fourth-order valence-electron chi connectivity index (χ4n) is 12.6. The van der Waals surface area contributed by atoms with Crippen LogP contribution in [0.15, 0.2) is 179 Å². The molecule has 0 saturated heterocycles. The molecule has 2 fully saturated rings. The molecule has 70 heavy (non-hydrogen) atoms. The number of benzene rings is 10. The second-order valence-corrected chi connectivity index (χ2v) is 19.8. The largest absolute Gasteiger partial charge is 0.454 e. The molecule has 342 valence electrons. The Bertz CT molecular complexity index is 3690. The maximum Gasteiger partial charge on any atom is 0.159 e. The van der Waals surface area contributed by atoms with Crippen molar-refractivity contribution in [2.75, 3.05) is 9.80 Å². The van der Waals surface area contributed by atoms with Gasteiger partial charge in [0.2, 0.25) is 0 Å². The third kappa shape index (κ3) is 6.52. The van der Waals surface area contributed by atoms with E-state index in [2.05, 4.69) is 131 Å². The van der Waals surface area contributed by atoms with Crippen molar-refractivity contribution in [3.05, 3.63) is 193 Å². The molecule has 4 nitrogen and oxygen atoms in total. The summed E-state index contributed by atoms with van der Waals surface area (Å²) in [6, 6.07) is 57.3. The fraction of sp³-hybridized carbons (Fsp3) is 0.188. The number of fused-ring (bicyclic) bond motifs is 6. The number of halogens is 2. The fourth-order valence-corrected chi connectivity index (χ4v) is 12.6. The molecular formula is C64H50F2N2O2. The second-order valence-electron chi connectivity index (χ2n) is 19.8. The van der Waals surface area contributed by atoms with E-state index in [9.17, 15) is 8.78 Å². The minimum absolute atomic E-state index is 0.292. The summed E-state index contributed by atoms with van der Waals surface area (Å²) < 4.78 is 43.9. The van der Waals surface area contributed by atoms with Crippen molar-refractivity contribution >= 4 is 110 Å². The Morgan fingerprint density at radius 2 is 0.700 bits per heavy atom. The molecule has 2 heterocycles. The molecule has 2 saturated carbocycles. The van der Waals surface area contributed by atoms with Crippen molar-refractivity contribution in [2.24, 2.45) is 0 Å². The predicted molar refractivity (Wildman–Crippen MR) is 286 cm³/mol. The molecule has 12 aromatic rings. The summed E-state index contributed by atoms with van der Waals surface area (Å²) in [7, 11) is 0. The Labute approximate surface area is 404 Å². The number of para-hydroxylation sites is 4. The van der Waals surface area contributed by atoms with Crippen molar-refractivity contribution in [3.8, 4) is 0 Å². The second kappa shape index (κ2) is 16.5. The predicted octanol–water partition coefficient (Wildman–Crippen LogP) is 19.7. The molecule has 0 aliphatic heterocycles. The molecule has 0 amide bonds. The number of hydrogen-bond acceptors (Lipinski definition) is 4. The molecule has 2 aliphatic rings. The van der Waals surface area contributed by atoms with Crippen LogP contribution in [0.1, 0.15) is 87.2 Å². The molecule has 0 spiro atoms. The number of hydrogen-bond donors (Lipinski definition) is 0. The van der Waals surface area contributed by atoms with Gasteiger partial charge in [0, 0.05) is 43.7 Å². The molecule has 6 heteroatoms. The maximum absolute atomic E-state index is 14.8. The lowest BCUT2D eigenvalue weighted by Gasteiger charge is -2.29. The summed E-state index contributed by atoms with van der Waals surface area (Å²) in [5.74, 6) is 0.363. The van der Waals surface area contributed by atoms with Gasteiger partial charge in [-0.1, -0.05) is 136 Å². The smallest absolute Gasteiger partial charge is 0.159 e. The molecule has 0 atom stereocenters. The van der Waals surface area contributed by atoms with Crippen LogP contribution in [-0.2, 0) is 0 Å². The minimum Gasteiger partial charge on any atom is -0.454 e. The summed E-state index contributed by atoms with van der Waals surface area (Å²) in [4.78, 5) is 4.48. The highest BCUT2D eigenvalue weighted by atomic mass is 19.1. The van der Waals surface area contributed by atoms with Crippen molar-refractivity contribution in [2.45, 2.75) is 76.0 Å². The van der Waals surface area contributed by atoms with Gasteiger partial charge in [-0.25, -0.2) is 8.78 Å². The lowest BCUT2D eigenvalue weighted by molar-refractivity contribution is 0.442. The lowest BCUT2D eigenvalue weighted by atomic mass is 9.83. The van der Waals surface area contributed by atoms with E-state index in [1.165, 1.54) is 99.6 Å². The van der Waals surface area contributed by atoms with E-state index in [0.717, 1.165) is 110 Å². The molecule has 10 aromatic carbocycles. The van der Waals surface area contributed by atoms with E-state index in [4.69, 9.17) is 8.83 Å². The zero-order chi connectivity index (χ0) is 46.5. The van der Waals surface area contributed by atoms with Crippen LogP contribution in [0.25, 0.3) is 76.2 Å². The van der Waals surface area contributed by atoms with Crippen LogP contribution in [0.5, 0.6) is 0 Å². The molecular weight excluding hydrogens is 867 g/mol. The zero-order valence-corrected chi connectivity index (χ0v) is 38.9. The highest BCUT2D eigenvalue weighted by Gasteiger charge is 2.28. The van der Waals surface area contributed by atoms with E-state index in [1.807, 2.05) is 24.3 Å². The standard InChI is InChI=1S/C64H50F2N2O2/c65-43-27-31-45(32-28-43)67(57-21-9-19-51-49-17-7-15-47(61(49)69-63(51)57)39-11-3-1-4-12-39)55-37-25-41-24-36-54-56(38-26-42-23-35-53(55)59(41)60(42)54)68(46-33-29-44(66)30-34-46)58-22-10-20-52-50-18-8-16-48(62(50)70-64(52)58)40-13-5-2-6-14-40/h7-10,15-40H,1-6,11-14H2. The van der Waals surface area contributed by atoms with Crippen molar-refractivity contribution in [1.29, 1.82) is 0 Å². The number of anilines is 6. The van der Waals surface area contributed by atoms with Crippen LogP contribution in [0.2, 0.25) is 0 Å². The highest BCUT2D eigenvalue weighted by Crippen LogP contribution is 2.51. The highest BCUT2D eigenvalue weighted by molar-refractivity contribution is 6.29. The van der Waals surface area contributed by atoms with Crippen LogP contribution in [0.3, 0.4) is 0 Å². The molecule has 2 aromatic heterocycles. The van der Waals surface area contributed by atoms with Crippen LogP contribution in [0.4, 0.5) is 42.9 Å². The first-order valence-electron chi connectivity index (χ1n) is 25.3. The third-order valence-electron chi connectivity index (χ3n) is 15.9. The normalized spacial score (nSPS) is 15.2. The average molecular weight is 917 g/mol. The summed E-state index contributed by atoms with van der Waals surface area (Å²) in [5, 5.41) is 10.9. The van der Waals surface area contributed by atoms with Crippen molar-refractivity contribution in [3.63, 3.8) is 0 Å². The van der Waals surface area contributed by atoms with Gasteiger partial charge < -0.3 is 18.6 Å². The van der Waals surface area contributed by atoms with Gasteiger partial charge in [-0.15, -0.1) is 0 Å². The maximum atomic E-state index is 14.8. The van der Waals surface area contributed by atoms with Gasteiger partial charge in [0.05, 0.1) is 22.7 Å². The van der Waals surface area contributed by atoms with Gasteiger partial charge >= 0.3 is 0 Å². The van der Waals surface area contributed by atoms with Gasteiger partial charge in [-0.05, 0) is 143 Å². The number of nitrogens with zero attached hydrogens (tertiary/aromatic N) is 2. The Morgan fingerprint density at radius 1 is 0.329 bits per heavy atom. The summed E-state index contributed by atoms with van der Waals surface area (Å²) in [6.07, 6.45) is 12.2. The minimum atomic E-state index is -0.292. The first kappa shape index (κ1) is 41.3. The number of furan rings is 2. The Morgan fingerprint density at radius 3 is 1.11 bits per heavy atom. The lowest BCUT2D eigenvalue weighted by Crippen LogP contribution is -2.12. The van der Waals surface area contributed by atoms with E-state index in [-0.39, 0.29) is 11.6 Å². The molecule has 0 bridgehead atoms. The third-order valence-corrected chi connectivity index (χ3v) is 15.9. The van der Waals surface area contributed by atoms with Gasteiger partial charge in [-0.3, -0.25) is 0 Å².